The summed E-state index contributed by atoms with van der Waals surface area (Å²) in [4.78, 5) is 31.5. The summed E-state index contributed by atoms with van der Waals surface area (Å²) in [5.74, 6) is -0.475. The molecule has 1 saturated carbocycles. The number of nitrogen functional groups attached to an aromatic ring is 1. The maximum Gasteiger partial charge on any atom is 0.354 e. The van der Waals surface area contributed by atoms with Crippen molar-refractivity contribution in [3.05, 3.63) is 12.0 Å². The predicted octanol–water partition coefficient (Wildman–Crippen LogP) is 1.34. The largest absolute Gasteiger partial charge is 0.368 e. The Balaban J connectivity index is 1.62. The maximum atomic E-state index is 11.4. The van der Waals surface area contributed by atoms with Crippen molar-refractivity contribution in [1.82, 2.24) is 19.5 Å². The molecular formula is C13H17BrN5O4P. The summed E-state index contributed by atoms with van der Waals surface area (Å²) in [6, 6.07) is 0. The van der Waals surface area contributed by atoms with Gasteiger partial charge in [0.15, 0.2) is 11.5 Å². The van der Waals surface area contributed by atoms with E-state index in [1.165, 1.54) is 0 Å². The third-order valence-corrected chi connectivity index (χ3v) is 6.43. The number of hydrogen-bond donors (Lipinski definition) is 3. The van der Waals surface area contributed by atoms with Gasteiger partial charge in [-0.3, -0.25) is 4.57 Å². The van der Waals surface area contributed by atoms with Crippen molar-refractivity contribution in [2.45, 2.75) is 48.5 Å². The van der Waals surface area contributed by atoms with Crippen LogP contribution in [0.15, 0.2) is 6.33 Å². The molecule has 0 spiro atoms. The van der Waals surface area contributed by atoms with Gasteiger partial charge in [0.1, 0.15) is 5.52 Å². The molecule has 130 valence electrons. The van der Waals surface area contributed by atoms with Gasteiger partial charge >= 0.3 is 7.60 Å². The molecule has 9 nitrogen and oxygen atoms in total. The first-order valence-corrected chi connectivity index (χ1v) is 10.3. The molecule has 2 aromatic heterocycles. The van der Waals surface area contributed by atoms with Gasteiger partial charge in [0.2, 0.25) is 5.95 Å². The van der Waals surface area contributed by atoms with E-state index in [0.29, 0.717) is 18.1 Å². The number of nitrogens with two attached hydrogens (primary N) is 1. The topological polar surface area (TPSA) is 136 Å². The molecule has 0 aromatic carbocycles. The second kappa shape index (κ2) is 5.74. The lowest BCUT2D eigenvalue weighted by Crippen LogP contribution is -2.23. The van der Waals surface area contributed by atoms with Gasteiger partial charge in [-0.05, 0) is 12.8 Å². The van der Waals surface area contributed by atoms with Crippen LogP contribution < -0.4 is 5.73 Å². The summed E-state index contributed by atoms with van der Waals surface area (Å²) in [6.45, 7) is 0.378. The average Bonchev–Trinajstić information content (AvgIpc) is 3.17. The van der Waals surface area contributed by atoms with Gasteiger partial charge in [-0.25, -0.2) is 9.97 Å². The van der Waals surface area contributed by atoms with E-state index < -0.39 is 13.4 Å². The number of anilines is 1. The summed E-state index contributed by atoms with van der Waals surface area (Å²) in [6.07, 6.45) is 3.68. The standard InChI is InChI=1S/C13H17BrN5O4P/c14-7-3-9(24(20,21)22)23-8(7)4-19-5-16-11-10(6-1-2-6)17-13(15)18-12(11)19/h5-9H,1-4H2,(H2,15,17,18)(H2,20,21,22)/t7-,8-,9-/m1/s1. The van der Waals surface area contributed by atoms with Crippen molar-refractivity contribution in [3.8, 4) is 0 Å². The first kappa shape index (κ1) is 16.4. The fraction of sp³-hybridized carbons (Fsp3) is 0.615. The fourth-order valence-electron chi connectivity index (χ4n) is 3.01. The molecule has 4 N–H and O–H groups in total. The van der Waals surface area contributed by atoms with Crippen LogP contribution in [-0.2, 0) is 15.8 Å². The normalized spacial score (nSPS) is 27.9. The van der Waals surface area contributed by atoms with Gasteiger partial charge in [0, 0.05) is 17.2 Å². The smallest absolute Gasteiger partial charge is 0.354 e. The highest BCUT2D eigenvalue weighted by atomic mass is 79.9. The Bertz CT molecular complexity index is 835. The summed E-state index contributed by atoms with van der Waals surface area (Å²) in [5.41, 5.74) is 8.08. The van der Waals surface area contributed by atoms with E-state index >= 15 is 0 Å². The van der Waals surface area contributed by atoms with E-state index in [0.717, 1.165) is 24.1 Å². The predicted molar refractivity (Wildman–Crippen MR) is 89.7 cm³/mol. The molecule has 3 heterocycles. The third-order valence-electron chi connectivity index (χ3n) is 4.39. The van der Waals surface area contributed by atoms with Gasteiger partial charge in [-0.2, -0.15) is 4.98 Å². The van der Waals surface area contributed by atoms with Crippen molar-refractivity contribution < 1.29 is 19.1 Å². The molecule has 0 unspecified atom stereocenters. The summed E-state index contributed by atoms with van der Waals surface area (Å²) >= 11 is 3.45. The minimum absolute atomic E-state index is 0.158. The second-order valence-electron chi connectivity index (χ2n) is 6.28. The van der Waals surface area contributed by atoms with Crippen LogP contribution in [0.25, 0.3) is 11.2 Å². The van der Waals surface area contributed by atoms with Crippen LogP contribution >= 0.6 is 23.5 Å². The van der Waals surface area contributed by atoms with Crippen molar-refractivity contribution in [2.75, 3.05) is 5.73 Å². The lowest BCUT2D eigenvalue weighted by molar-refractivity contribution is 0.0639. The zero-order chi connectivity index (χ0) is 17.1. The Kier molecular flexibility index (Phi) is 3.92. The van der Waals surface area contributed by atoms with Crippen LogP contribution in [0.3, 0.4) is 0 Å². The molecule has 11 heteroatoms. The highest BCUT2D eigenvalue weighted by molar-refractivity contribution is 9.09. The van der Waals surface area contributed by atoms with Crippen molar-refractivity contribution in [2.24, 2.45) is 0 Å². The quantitative estimate of drug-likeness (QED) is 0.500. The van der Waals surface area contributed by atoms with Crippen LogP contribution in [0.1, 0.15) is 30.9 Å². The van der Waals surface area contributed by atoms with Crippen LogP contribution in [-0.4, -0.2) is 46.1 Å². The van der Waals surface area contributed by atoms with E-state index in [2.05, 4.69) is 30.9 Å². The van der Waals surface area contributed by atoms with Gasteiger partial charge < -0.3 is 24.8 Å². The van der Waals surface area contributed by atoms with Crippen LogP contribution in [0.4, 0.5) is 5.95 Å². The van der Waals surface area contributed by atoms with Crippen LogP contribution in [0.2, 0.25) is 0 Å². The lowest BCUT2D eigenvalue weighted by atomic mass is 10.2. The number of nitrogens with zero attached hydrogens (tertiary/aromatic N) is 4. The SMILES string of the molecule is Nc1nc(C2CC2)c2ncn(C[C@H]3O[C@H](P(=O)(O)O)C[C@H]3Br)c2n1. The monoisotopic (exact) mass is 417 g/mol. The molecule has 0 bridgehead atoms. The fourth-order valence-corrected chi connectivity index (χ4v) is 4.75. The average molecular weight is 418 g/mol. The number of rotatable bonds is 4. The minimum Gasteiger partial charge on any atom is -0.368 e. The number of imidazole rings is 1. The minimum atomic E-state index is -4.27. The molecule has 2 aliphatic rings. The maximum absolute atomic E-state index is 11.4. The van der Waals surface area contributed by atoms with E-state index in [4.69, 9.17) is 10.5 Å². The Morgan fingerprint density at radius 2 is 2.17 bits per heavy atom. The van der Waals surface area contributed by atoms with Gasteiger partial charge in [-0.1, -0.05) is 15.9 Å². The molecule has 4 rings (SSSR count). The van der Waals surface area contributed by atoms with Gasteiger partial charge in [0.05, 0.1) is 24.7 Å². The van der Waals surface area contributed by atoms with E-state index in [1.54, 1.807) is 10.9 Å². The van der Waals surface area contributed by atoms with Gasteiger partial charge in [0.25, 0.3) is 0 Å². The molecule has 0 amide bonds. The molecule has 24 heavy (non-hydrogen) atoms. The molecule has 1 aliphatic heterocycles. The summed E-state index contributed by atoms with van der Waals surface area (Å²) < 4.78 is 18.8. The highest BCUT2D eigenvalue weighted by Crippen LogP contribution is 2.49. The first-order valence-electron chi connectivity index (χ1n) is 7.66. The Labute approximate surface area is 145 Å². The first-order chi connectivity index (χ1) is 11.3. The van der Waals surface area contributed by atoms with Crippen LogP contribution in [0.5, 0.6) is 0 Å². The van der Waals surface area contributed by atoms with Gasteiger partial charge in [-0.15, -0.1) is 0 Å². The molecule has 3 atom stereocenters. The summed E-state index contributed by atoms with van der Waals surface area (Å²) in [5, 5.41) is 0. The Morgan fingerprint density at radius 1 is 1.42 bits per heavy atom. The highest BCUT2D eigenvalue weighted by Gasteiger charge is 2.43. The Morgan fingerprint density at radius 3 is 2.79 bits per heavy atom. The van der Waals surface area contributed by atoms with E-state index in [9.17, 15) is 14.4 Å². The Hall–Kier alpha value is -1.06. The molecule has 1 saturated heterocycles. The number of fused-ring (bicyclic) bond motifs is 1. The van der Waals surface area contributed by atoms with E-state index in [1.807, 2.05) is 0 Å². The van der Waals surface area contributed by atoms with Crippen molar-refractivity contribution >= 4 is 40.6 Å². The molecule has 0 radical (unpaired) electrons. The number of ether oxygens (including phenoxy) is 1. The molecule has 2 aromatic rings. The number of alkyl halides is 1. The summed E-state index contributed by atoms with van der Waals surface area (Å²) in [7, 11) is -4.27. The zero-order valence-corrected chi connectivity index (χ0v) is 15.1. The molecular weight excluding hydrogens is 401 g/mol. The number of halogens is 1. The van der Waals surface area contributed by atoms with Crippen molar-refractivity contribution in [1.29, 1.82) is 0 Å². The molecule has 1 aliphatic carbocycles. The zero-order valence-electron chi connectivity index (χ0n) is 12.6. The van der Waals surface area contributed by atoms with Crippen molar-refractivity contribution in [3.63, 3.8) is 0 Å². The second-order valence-corrected chi connectivity index (χ2v) is 9.21. The number of aromatic nitrogens is 4. The van der Waals surface area contributed by atoms with E-state index in [-0.39, 0.29) is 23.3 Å². The lowest BCUT2D eigenvalue weighted by Gasteiger charge is -2.16. The third kappa shape index (κ3) is 2.97. The number of hydrogen-bond acceptors (Lipinski definition) is 6. The molecule has 2 fully saturated rings. The van der Waals surface area contributed by atoms with Crippen LogP contribution in [0, 0.1) is 0 Å².